The van der Waals surface area contributed by atoms with E-state index >= 15 is 0 Å². The summed E-state index contributed by atoms with van der Waals surface area (Å²) >= 11 is 0. The zero-order valence-electron chi connectivity index (χ0n) is 33.5. The predicted molar refractivity (Wildman–Crippen MR) is 206 cm³/mol. The topological polar surface area (TPSA) is 153 Å². The Bertz CT molecular complexity index is 830. The Labute approximate surface area is 320 Å². The first-order valence-electron chi connectivity index (χ1n) is 20.0. The van der Waals surface area contributed by atoms with Crippen molar-refractivity contribution in [3.8, 4) is 5.75 Å². The smallest absolute Gasteiger partial charge is 0.119 e. The Morgan fingerprint density at radius 1 is 0.358 bits per heavy atom. The first-order valence-corrected chi connectivity index (χ1v) is 20.0. The van der Waals surface area contributed by atoms with Crippen LogP contribution in [0.2, 0.25) is 0 Å². The van der Waals surface area contributed by atoms with Crippen molar-refractivity contribution >= 4 is 0 Å². The second-order valence-corrected chi connectivity index (χ2v) is 12.1. The van der Waals surface area contributed by atoms with E-state index in [0.29, 0.717) is 138 Å². The number of phenols is 1. The van der Waals surface area contributed by atoms with Crippen LogP contribution in [0.3, 0.4) is 0 Å². The number of ether oxygens (including phenoxy) is 10. The summed E-state index contributed by atoms with van der Waals surface area (Å²) in [6, 6.07) is 4.05. The van der Waals surface area contributed by atoms with Crippen molar-refractivity contribution in [3.63, 3.8) is 0 Å². The standard InChI is InChI=1S/C22H46O12.C18H30O/c23-1-3-25-5-7-27-9-11-29-13-15-31-17-19-33-21-22-34-20-18-32-16-14-30-12-10-28-8-6-26-4-2-24;1-4-7-10-15-13-14-18(19)17(12-9-6-3)16(15)11-8-5-2/h23-24H,1-22H2;13-14,19H,4-12H2,1-3H3. The molecule has 0 bridgehead atoms. The van der Waals surface area contributed by atoms with E-state index in [1.54, 1.807) is 0 Å². The second kappa shape index (κ2) is 43.3. The number of hydrogen-bond acceptors (Lipinski definition) is 13. The van der Waals surface area contributed by atoms with Crippen LogP contribution in [0.25, 0.3) is 0 Å². The second-order valence-electron chi connectivity index (χ2n) is 12.1. The number of aromatic hydroxyl groups is 1. The molecular weight excluding hydrogens is 688 g/mol. The van der Waals surface area contributed by atoms with Crippen molar-refractivity contribution in [2.45, 2.75) is 78.6 Å². The highest BCUT2D eigenvalue weighted by molar-refractivity contribution is 5.45. The highest BCUT2D eigenvalue weighted by atomic mass is 16.6. The molecule has 53 heavy (non-hydrogen) atoms. The summed E-state index contributed by atoms with van der Waals surface area (Å²) in [6.45, 7) is 16.4. The number of aryl methyl sites for hydroxylation is 1. The third-order valence-corrected chi connectivity index (χ3v) is 7.68. The highest BCUT2D eigenvalue weighted by Crippen LogP contribution is 2.29. The first-order chi connectivity index (χ1) is 26.2. The van der Waals surface area contributed by atoms with Crippen molar-refractivity contribution in [2.24, 2.45) is 0 Å². The fourth-order valence-corrected chi connectivity index (χ4v) is 4.84. The zero-order valence-corrected chi connectivity index (χ0v) is 33.5. The number of aliphatic hydroxyl groups is 2. The molecule has 0 aliphatic rings. The van der Waals surface area contributed by atoms with E-state index in [0.717, 1.165) is 19.3 Å². The number of unbranched alkanes of at least 4 members (excludes halogenated alkanes) is 3. The SMILES string of the molecule is CCCCc1ccc(O)c(CCCC)c1CCCC.OCCOCCOCCOCCOCCOCCOCCOCCOCCOCCOCCO. The van der Waals surface area contributed by atoms with Gasteiger partial charge in [0.15, 0.2) is 0 Å². The summed E-state index contributed by atoms with van der Waals surface area (Å²) in [7, 11) is 0. The molecule has 0 fully saturated rings. The molecule has 0 heterocycles. The molecule has 1 aromatic rings. The fourth-order valence-electron chi connectivity index (χ4n) is 4.84. The average molecular weight is 765 g/mol. The molecule has 0 amide bonds. The van der Waals surface area contributed by atoms with E-state index in [1.807, 2.05) is 6.07 Å². The third-order valence-electron chi connectivity index (χ3n) is 7.68. The molecule has 3 N–H and O–H groups in total. The van der Waals surface area contributed by atoms with Crippen molar-refractivity contribution in [1.29, 1.82) is 0 Å². The molecule has 0 saturated carbocycles. The van der Waals surface area contributed by atoms with Gasteiger partial charge in [-0.1, -0.05) is 46.1 Å². The van der Waals surface area contributed by atoms with Gasteiger partial charge in [0, 0.05) is 0 Å². The van der Waals surface area contributed by atoms with Crippen LogP contribution in [0.4, 0.5) is 0 Å². The number of hydrogen-bond donors (Lipinski definition) is 3. The minimum absolute atomic E-state index is 0.0265. The van der Waals surface area contributed by atoms with Gasteiger partial charge in [-0.05, 0) is 61.3 Å². The lowest BCUT2D eigenvalue weighted by molar-refractivity contribution is -0.0271. The van der Waals surface area contributed by atoms with Crippen LogP contribution in [0.5, 0.6) is 5.75 Å². The molecule has 0 aliphatic carbocycles. The van der Waals surface area contributed by atoms with E-state index in [9.17, 15) is 5.11 Å². The molecular formula is C40H76O13. The van der Waals surface area contributed by atoms with Gasteiger partial charge in [0.1, 0.15) is 5.75 Å². The maximum Gasteiger partial charge on any atom is 0.119 e. The summed E-state index contributed by atoms with van der Waals surface area (Å²) in [6.07, 6.45) is 10.6. The van der Waals surface area contributed by atoms with Crippen molar-refractivity contribution in [2.75, 3.05) is 145 Å². The van der Waals surface area contributed by atoms with E-state index in [2.05, 4.69) is 26.8 Å². The highest BCUT2D eigenvalue weighted by Gasteiger charge is 2.12. The maximum atomic E-state index is 10.2. The van der Waals surface area contributed by atoms with Gasteiger partial charge in [0.2, 0.25) is 0 Å². The van der Waals surface area contributed by atoms with Crippen LogP contribution < -0.4 is 0 Å². The first kappa shape index (κ1) is 51.5. The van der Waals surface area contributed by atoms with Crippen LogP contribution >= 0.6 is 0 Å². The maximum absolute atomic E-state index is 10.2. The summed E-state index contributed by atoms with van der Waals surface area (Å²) in [5.74, 6) is 0.514. The van der Waals surface area contributed by atoms with Gasteiger partial charge >= 0.3 is 0 Å². The van der Waals surface area contributed by atoms with Crippen molar-refractivity contribution in [3.05, 3.63) is 28.8 Å². The van der Waals surface area contributed by atoms with Crippen LogP contribution in [0.15, 0.2) is 12.1 Å². The number of phenolic OH excluding ortho intramolecular Hbond substituents is 1. The molecule has 13 nitrogen and oxygen atoms in total. The van der Waals surface area contributed by atoms with E-state index in [-0.39, 0.29) is 13.2 Å². The lowest BCUT2D eigenvalue weighted by atomic mass is 9.90. The molecule has 0 saturated heterocycles. The Morgan fingerprint density at radius 3 is 0.906 bits per heavy atom. The van der Waals surface area contributed by atoms with E-state index < -0.39 is 0 Å². The molecule has 314 valence electrons. The molecule has 1 aromatic carbocycles. The number of rotatable bonds is 40. The van der Waals surface area contributed by atoms with Gasteiger partial charge in [-0.25, -0.2) is 0 Å². The summed E-state index contributed by atoms with van der Waals surface area (Å²) in [5, 5.41) is 27.3. The van der Waals surface area contributed by atoms with E-state index in [4.69, 9.17) is 57.6 Å². The van der Waals surface area contributed by atoms with Gasteiger partial charge in [-0.15, -0.1) is 0 Å². The van der Waals surface area contributed by atoms with Gasteiger partial charge in [0.25, 0.3) is 0 Å². The summed E-state index contributed by atoms with van der Waals surface area (Å²) in [5.41, 5.74) is 4.15. The fraction of sp³-hybridized carbons (Fsp3) is 0.850. The summed E-state index contributed by atoms with van der Waals surface area (Å²) < 4.78 is 53.2. The lowest BCUT2D eigenvalue weighted by Gasteiger charge is -2.16. The predicted octanol–water partition coefficient (Wildman–Crippen LogP) is 4.56. The van der Waals surface area contributed by atoms with Crippen LogP contribution in [0.1, 0.15) is 76.0 Å². The van der Waals surface area contributed by atoms with Gasteiger partial charge in [0.05, 0.1) is 145 Å². The quantitative estimate of drug-likeness (QED) is 0.0802. The van der Waals surface area contributed by atoms with Gasteiger partial charge in [-0.2, -0.15) is 0 Å². The molecule has 0 radical (unpaired) electrons. The molecule has 13 heteroatoms. The van der Waals surface area contributed by atoms with Gasteiger partial charge in [-0.3, -0.25) is 0 Å². The monoisotopic (exact) mass is 765 g/mol. The van der Waals surface area contributed by atoms with E-state index in [1.165, 1.54) is 55.2 Å². The minimum atomic E-state index is 0.0265. The lowest BCUT2D eigenvalue weighted by Crippen LogP contribution is -2.15. The molecule has 0 aliphatic heterocycles. The Kier molecular flexibility index (Phi) is 42.1. The number of benzene rings is 1. The average Bonchev–Trinajstić information content (AvgIpc) is 3.17. The van der Waals surface area contributed by atoms with Crippen molar-refractivity contribution < 1.29 is 62.7 Å². The number of aliphatic hydroxyl groups excluding tert-OH is 2. The normalized spacial score (nSPS) is 11.3. The Morgan fingerprint density at radius 2 is 0.623 bits per heavy atom. The largest absolute Gasteiger partial charge is 0.508 e. The van der Waals surface area contributed by atoms with Crippen molar-refractivity contribution in [1.82, 2.24) is 0 Å². The minimum Gasteiger partial charge on any atom is -0.508 e. The molecule has 0 atom stereocenters. The molecule has 0 spiro atoms. The third kappa shape index (κ3) is 34.7. The Balaban J connectivity index is 0.00000119. The molecule has 0 aromatic heterocycles. The van der Waals surface area contributed by atoms with Crippen LogP contribution in [0, 0.1) is 0 Å². The summed E-state index contributed by atoms with van der Waals surface area (Å²) in [4.78, 5) is 0. The molecule has 1 rings (SSSR count). The van der Waals surface area contributed by atoms with Crippen LogP contribution in [-0.2, 0) is 66.6 Å². The zero-order chi connectivity index (χ0) is 38.7. The van der Waals surface area contributed by atoms with Crippen LogP contribution in [-0.4, -0.2) is 161 Å². The Hall–Kier alpha value is -1.46. The molecule has 0 unspecified atom stereocenters. The van der Waals surface area contributed by atoms with Gasteiger partial charge < -0.3 is 62.7 Å².